The highest BCUT2D eigenvalue weighted by Gasteiger charge is 2.24. The monoisotopic (exact) mass is 365 g/mol. The van der Waals surface area contributed by atoms with E-state index in [1.807, 2.05) is 30.3 Å². The molecule has 1 saturated carbocycles. The fraction of sp³-hybridized carbons (Fsp3) is 0.273. The third-order valence-corrected chi connectivity index (χ3v) is 5.09. The molecule has 4 rings (SSSR count). The number of nitrogens with one attached hydrogen (secondary N) is 1. The summed E-state index contributed by atoms with van der Waals surface area (Å²) in [6, 6.07) is 18.3. The quantitative estimate of drug-likeness (QED) is 0.633. The SMILES string of the molecule is Cc1cc(NC2CC[CH]C(Oc3ccc(Cl)cc3)C2)nc2ccccc12. The van der Waals surface area contributed by atoms with E-state index in [2.05, 4.69) is 42.9 Å². The van der Waals surface area contributed by atoms with Crippen molar-refractivity contribution in [3.8, 4) is 5.75 Å². The number of fused-ring (bicyclic) bond motifs is 1. The van der Waals surface area contributed by atoms with E-state index in [0.29, 0.717) is 6.04 Å². The Morgan fingerprint density at radius 1 is 1.12 bits per heavy atom. The number of hydrogen-bond acceptors (Lipinski definition) is 3. The number of rotatable bonds is 4. The van der Waals surface area contributed by atoms with Crippen LogP contribution in [0.5, 0.6) is 5.75 Å². The smallest absolute Gasteiger partial charge is 0.127 e. The van der Waals surface area contributed by atoms with Crippen LogP contribution in [0.4, 0.5) is 5.82 Å². The minimum absolute atomic E-state index is 0.101. The highest BCUT2D eigenvalue weighted by atomic mass is 35.5. The van der Waals surface area contributed by atoms with Gasteiger partial charge < -0.3 is 10.1 Å². The number of hydrogen-bond donors (Lipinski definition) is 1. The predicted molar refractivity (Wildman–Crippen MR) is 108 cm³/mol. The molecule has 133 valence electrons. The van der Waals surface area contributed by atoms with E-state index < -0.39 is 0 Å². The van der Waals surface area contributed by atoms with Crippen molar-refractivity contribution in [1.82, 2.24) is 4.98 Å². The number of benzene rings is 2. The Balaban J connectivity index is 1.44. The van der Waals surface area contributed by atoms with Gasteiger partial charge in [0.2, 0.25) is 0 Å². The van der Waals surface area contributed by atoms with E-state index in [0.717, 1.165) is 41.4 Å². The average molecular weight is 366 g/mol. The maximum absolute atomic E-state index is 6.10. The number of halogens is 1. The molecule has 2 unspecified atom stereocenters. The zero-order valence-electron chi connectivity index (χ0n) is 14.8. The van der Waals surface area contributed by atoms with Gasteiger partial charge in [-0.05, 0) is 61.7 Å². The number of aryl methyl sites for hydroxylation is 1. The first kappa shape index (κ1) is 17.2. The van der Waals surface area contributed by atoms with Crippen LogP contribution in [0, 0.1) is 13.3 Å². The van der Waals surface area contributed by atoms with Gasteiger partial charge >= 0.3 is 0 Å². The summed E-state index contributed by atoms with van der Waals surface area (Å²) in [5.74, 6) is 1.80. The van der Waals surface area contributed by atoms with E-state index in [4.69, 9.17) is 21.3 Å². The van der Waals surface area contributed by atoms with Gasteiger partial charge in [-0.1, -0.05) is 29.8 Å². The summed E-state index contributed by atoms with van der Waals surface area (Å²) in [5.41, 5.74) is 2.28. The standard InChI is InChI=1S/C22H22ClN2O/c1-15-13-22(25-21-8-3-2-7-20(15)21)24-17-5-4-6-19(14-17)26-18-11-9-16(23)10-12-18/h2-3,6-13,17,19H,4-5,14H2,1H3,(H,24,25). The first-order valence-electron chi connectivity index (χ1n) is 9.06. The van der Waals surface area contributed by atoms with E-state index in [-0.39, 0.29) is 6.10 Å². The maximum Gasteiger partial charge on any atom is 0.127 e. The zero-order chi connectivity index (χ0) is 17.9. The summed E-state index contributed by atoms with van der Waals surface area (Å²) >= 11 is 5.94. The van der Waals surface area contributed by atoms with Crippen molar-refractivity contribution in [1.29, 1.82) is 0 Å². The third kappa shape index (κ3) is 3.94. The van der Waals surface area contributed by atoms with Crippen molar-refractivity contribution in [3.63, 3.8) is 0 Å². The van der Waals surface area contributed by atoms with Crippen LogP contribution in [0.25, 0.3) is 10.9 Å². The molecule has 1 N–H and O–H groups in total. The van der Waals surface area contributed by atoms with Crippen LogP contribution in [-0.2, 0) is 0 Å². The molecule has 1 heterocycles. The second-order valence-corrected chi connectivity index (χ2v) is 7.28. The molecular weight excluding hydrogens is 344 g/mol. The van der Waals surface area contributed by atoms with Gasteiger partial charge in [0.1, 0.15) is 17.7 Å². The molecule has 3 aromatic rings. The Labute approximate surface area is 159 Å². The highest BCUT2D eigenvalue weighted by Crippen LogP contribution is 2.27. The van der Waals surface area contributed by atoms with Gasteiger partial charge in [0.15, 0.2) is 0 Å². The molecule has 1 fully saturated rings. The van der Waals surface area contributed by atoms with Crippen LogP contribution in [0.2, 0.25) is 5.02 Å². The number of ether oxygens (including phenoxy) is 1. The van der Waals surface area contributed by atoms with Gasteiger partial charge in [0.05, 0.1) is 5.52 Å². The third-order valence-electron chi connectivity index (χ3n) is 4.84. The van der Waals surface area contributed by atoms with Crippen LogP contribution in [0.15, 0.2) is 54.6 Å². The van der Waals surface area contributed by atoms with E-state index in [9.17, 15) is 0 Å². The Morgan fingerprint density at radius 2 is 1.92 bits per heavy atom. The summed E-state index contributed by atoms with van der Waals surface area (Å²) in [5, 5.41) is 5.54. The lowest BCUT2D eigenvalue weighted by molar-refractivity contribution is 0.192. The Hall–Kier alpha value is -2.26. The lowest BCUT2D eigenvalue weighted by atomic mass is 9.92. The molecule has 0 bridgehead atoms. The number of nitrogens with zero attached hydrogens (tertiary/aromatic N) is 1. The summed E-state index contributed by atoms with van der Waals surface area (Å²) in [6.45, 7) is 2.14. The molecule has 0 aliphatic heterocycles. The normalized spacial score (nSPS) is 20.1. The van der Waals surface area contributed by atoms with Crippen LogP contribution >= 0.6 is 11.6 Å². The van der Waals surface area contributed by atoms with E-state index in [1.54, 1.807) is 0 Å². The molecule has 0 amide bonds. The van der Waals surface area contributed by atoms with E-state index >= 15 is 0 Å². The predicted octanol–water partition coefficient (Wildman–Crippen LogP) is 5.81. The minimum atomic E-state index is 0.101. The first-order valence-corrected chi connectivity index (χ1v) is 9.44. The zero-order valence-corrected chi connectivity index (χ0v) is 15.5. The van der Waals surface area contributed by atoms with Crippen molar-refractivity contribution in [2.45, 2.75) is 38.3 Å². The van der Waals surface area contributed by atoms with E-state index in [1.165, 1.54) is 10.9 Å². The molecule has 1 aromatic heterocycles. The van der Waals surface area contributed by atoms with Gasteiger partial charge in [-0.25, -0.2) is 4.98 Å². The van der Waals surface area contributed by atoms with Crippen LogP contribution < -0.4 is 10.1 Å². The number of anilines is 1. The number of aromatic nitrogens is 1. The highest BCUT2D eigenvalue weighted by molar-refractivity contribution is 6.30. The molecule has 0 saturated heterocycles. The van der Waals surface area contributed by atoms with Gasteiger partial charge in [-0.15, -0.1) is 0 Å². The molecule has 4 heteroatoms. The number of para-hydroxylation sites is 1. The first-order chi connectivity index (χ1) is 12.7. The molecule has 2 atom stereocenters. The second kappa shape index (κ2) is 7.55. The van der Waals surface area contributed by atoms with Gasteiger partial charge in [0.25, 0.3) is 0 Å². The van der Waals surface area contributed by atoms with Crippen molar-refractivity contribution in [2.75, 3.05) is 5.32 Å². The summed E-state index contributed by atoms with van der Waals surface area (Å²) < 4.78 is 6.10. The topological polar surface area (TPSA) is 34.1 Å². The molecule has 1 aliphatic rings. The van der Waals surface area contributed by atoms with Crippen LogP contribution in [0.3, 0.4) is 0 Å². The maximum atomic E-state index is 6.10. The second-order valence-electron chi connectivity index (χ2n) is 6.84. The Kier molecular flexibility index (Phi) is 4.98. The molecule has 26 heavy (non-hydrogen) atoms. The summed E-state index contributed by atoms with van der Waals surface area (Å²) in [7, 11) is 0. The van der Waals surface area contributed by atoms with Gasteiger partial charge in [-0.3, -0.25) is 0 Å². The molecule has 1 radical (unpaired) electrons. The number of pyridine rings is 1. The van der Waals surface area contributed by atoms with Crippen molar-refractivity contribution < 1.29 is 4.74 Å². The Morgan fingerprint density at radius 3 is 2.77 bits per heavy atom. The average Bonchev–Trinajstić information content (AvgIpc) is 2.64. The molecule has 1 aliphatic carbocycles. The van der Waals surface area contributed by atoms with Crippen molar-refractivity contribution >= 4 is 28.3 Å². The summed E-state index contributed by atoms with van der Waals surface area (Å²) in [4.78, 5) is 4.77. The van der Waals surface area contributed by atoms with Crippen LogP contribution in [-0.4, -0.2) is 17.1 Å². The lowest BCUT2D eigenvalue weighted by Gasteiger charge is -2.30. The molecule has 2 aromatic carbocycles. The lowest BCUT2D eigenvalue weighted by Crippen LogP contribution is -2.33. The fourth-order valence-electron chi connectivity index (χ4n) is 3.53. The van der Waals surface area contributed by atoms with Gasteiger partial charge in [-0.2, -0.15) is 0 Å². The van der Waals surface area contributed by atoms with Gasteiger partial charge in [0, 0.05) is 29.3 Å². The molecule has 0 spiro atoms. The minimum Gasteiger partial charge on any atom is -0.490 e. The molecule has 3 nitrogen and oxygen atoms in total. The fourth-order valence-corrected chi connectivity index (χ4v) is 3.65. The van der Waals surface area contributed by atoms with Crippen molar-refractivity contribution in [2.24, 2.45) is 0 Å². The Bertz CT molecular complexity index is 894. The largest absolute Gasteiger partial charge is 0.490 e. The van der Waals surface area contributed by atoms with Crippen molar-refractivity contribution in [3.05, 3.63) is 71.6 Å². The summed E-state index contributed by atoms with van der Waals surface area (Å²) in [6.07, 6.45) is 5.41. The molecular formula is C22H22ClN2O. The van der Waals surface area contributed by atoms with Crippen LogP contribution in [0.1, 0.15) is 24.8 Å².